The van der Waals surface area contributed by atoms with Crippen LogP contribution in [0.1, 0.15) is 29.5 Å². The number of nitrogens with one attached hydrogen (secondary N) is 2. The van der Waals surface area contributed by atoms with Crippen LogP contribution in [0.25, 0.3) is 0 Å². The lowest BCUT2D eigenvalue weighted by Crippen LogP contribution is -2.29. The maximum atomic E-state index is 13.0. The normalized spacial score (nSPS) is 21.0. The van der Waals surface area contributed by atoms with Gasteiger partial charge in [-0.2, -0.15) is 0 Å². The van der Waals surface area contributed by atoms with Crippen LogP contribution < -0.4 is 19.5 Å². The van der Waals surface area contributed by atoms with Crippen LogP contribution >= 0.6 is 0 Å². The molecular formula is C26H26N2O4S. The zero-order chi connectivity index (χ0) is 23.0. The van der Waals surface area contributed by atoms with E-state index in [4.69, 9.17) is 9.47 Å². The van der Waals surface area contributed by atoms with Gasteiger partial charge in [0.25, 0.3) is 10.0 Å². The summed E-state index contributed by atoms with van der Waals surface area (Å²) in [6.45, 7) is 0. The second-order valence-corrected chi connectivity index (χ2v) is 9.99. The highest BCUT2D eigenvalue weighted by molar-refractivity contribution is 7.92. The van der Waals surface area contributed by atoms with Crippen molar-refractivity contribution in [3.05, 3.63) is 90.0 Å². The van der Waals surface area contributed by atoms with E-state index in [1.54, 1.807) is 50.6 Å². The molecule has 5 rings (SSSR count). The largest absolute Gasteiger partial charge is 0.497 e. The number of hydrogen-bond acceptors (Lipinski definition) is 5. The van der Waals surface area contributed by atoms with Crippen LogP contribution in [0.15, 0.2) is 83.8 Å². The second kappa shape index (κ2) is 8.48. The van der Waals surface area contributed by atoms with Gasteiger partial charge >= 0.3 is 0 Å². The molecule has 0 unspecified atom stereocenters. The molecule has 0 bridgehead atoms. The average molecular weight is 463 g/mol. The first-order valence-corrected chi connectivity index (χ1v) is 12.4. The number of ether oxygens (including phenoxy) is 2. The summed E-state index contributed by atoms with van der Waals surface area (Å²) in [4.78, 5) is 0.256. The lowest BCUT2D eigenvalue weighted by atomic mass is 9.77. The smallest absolute Gasteiger partial charge is 0.261 e. The van der Waals surface area contributed by atoms with E-state index in [1.807, 2.05) is 30.3 Å². The molecule has 1 heterocycles. The minimum atomic E-state index is -3.70. The van der Waals surface area contributed by atoms with E-state index in [9.17, 15) is 8.42 Å². The highest BCUT2D eigenvalue weighted by Crippen LogP contribution is 2.51. The van der Waals surface area contributed by atoms with E-state index < -0.39 is 10.0 Å². The molecule has 0 spiro atoms. The number of fused-ring (bicyclic) bond motifs is 3. The number of allylic oxidation sites excluding steroid dienone is 2. The van der Waals surface area contributed by atoms with Crippen LogP contribution in [0, 0.1) is 5.92 Å². The molecule has 3 atom stereocenters. The summed E-state index contributed by atoms with van der Waals surface area (Å²) in [5, 5.41) is 3.65. The molecule has 1 aliphatic heterocycles. The second-order valence-electron chi connectivity index (χ2n) is 8.30. The maximum Gasteiger partial charge on any atom is 0.261 e. The zero-order valence-electron chi connectivity index (χ0n) is 18.5. The third kappa shape index (κ3) is 3.93. The Kier molecular flexibility index (Phi) is 5.50. The van der Waals surface area contributed by atoms with Gasteiger partial charge in [-0.3, -0.25) is 4.72 Å². The maximum absolute atomic E-state index is 13.0. The van der Waals surface area contributed by atoms with Crippen molar-refractivity contribution in [2.75, 3.05) is 24.3 Å². The van der Waals surface area contributed by atoms with Crippen molar-refractivity contribution in [3.8, 4) is 11.5 Å². The summed E-state index contributed by atoms with van der Waals surface area (Å²) >= 11 is 0. The monoisotopic (exact) mass is 462 g/mol. The van der Waals surface area contributed by atoms with E-state index >= 15 is 0 Å². The van der Waals surface area contributed by atoms with Gasteiger partial charge in [-0.15, -0.1) is 0 Å². The Morgan fingerprint density at radius 2 is 1.76 bits per heavy atom. The molecule has 3 aromatic carbocycles. The fraction of sp³-hybridized carbons (Fsp3) is 0.231. The first-order chi connectivity index (χ1) is 16.0. The van der Waals surface area contributed by atoms with Crippen LogP contribution in [0.3, 0.4) is 0 Å². The molecule has 1 aliphatic carbocycles. The molecule has 2 N–H and O–H groups in total. The zero-order valence-corrected chi connectivity index (χ0v) is 19.3. The first kappa shape index (κ1) is 21.4. The molecule has 0 amide bonds. The molecule has 2 aliphatic rings. The minimum Gasteiger partial charge on any atom is -0.497 e. The molecule has 6 nitrogen and oxygen atoms in total. The summed E-state index contributed by atoms with van der Waals surface area (Å²) in [5.74, 6) is 1.88. The topological polar surface area (TPSA) is 76.7 Å². The molecule has 0 saturated heterocycles. The Bertz CT molecular complexity index is 1310. The van der Waals surface area contributed by atoms with Crippen molar-refractivity contribution in [1.29, 1.82) is 0 Å². The molecule has 0 fully saturated rings. The van der Waals surface area contributed by atoms with E-state index in [-0.39, 0.29) is 22.8 Å². The van der Waals surface area contributed by atoms with Crippen molar-refractivity contribution < 1.29 is 17.9 Å². The van der Waals surface area contributed by atoms with Crippen LogP contribution in [0.4, 0.5) is 11.4 Å². The predicted octanol–water partition coefficient (Wildman–Crippen LogP) is 5.33. The van der Waals surface area contributed by atoms with Crippen LogP contribution in [0.5, 0.6) is 11.5 Å². The number of sulfonamides is 1. The van der Waals surface area contributed by atoms with Gasteiger partial charge in [0, 0.05) is 28.9 Å². The molecule has 3 aromatic rings. The third-order valence-corrected chi connectivity index (χ3v) is 7.83. The van der Waals surface area contributed by atoms with Gasteiger partial charge in [0.05, 0.1) is 25.2 Å². The van der Waals surface area contributed by atoms with Crippen molar-refractivity contribution in [1.82, 2.24) is 0 Å². The van der Waals surface area contributed by atoms with Crippen molar-refractivity contribution in [3.63, 3.8) is 0 Å². The quantitative estimate of drug-likeness (QED) is 0.484. The lowest BCUT2D eigenvalue weighted by Gasteiger charge is -2.38. The lowest BCUT2D eigenvalue weighted by molar-refractivity contribution is 0.372. The highest BCUT2D eigenvalue weighted by atomic mass is 32.2. The summed E-state index contributed by atoms with van der Waals surface area (Å²) in [6, 6.07) is 20.1. The van der Waals surface area contributed by atoms with Crippen molar-refractivity contribution >= 4 is 21.4 Å². The fourth-order valence-corrected chi connectivity index (χ4v) is 5.94. The van der Waals surface area contributed by atoms with Crippen molar-refractivity contribution in [2.24, 2.45) is 5.92 Å². The summed E-state index contributed by atoms with van der Waals surface area (Å²) in [5.41, 5.74) is 3.53. The van der Waals surface area contributed by atoms with Crippen LogP contribution in [0.2, 0.25) is 0 Å². The van der Waals surface area contributed by atoms with Gasteiger partial charge in [0.15, 0.2) is 0 Å². The summed E-state index contributed by atoms with van der Waals surface area (Å²) in [6.07, 6.45) is 5.27. The van der Waals surface area contributed by atoms with Crippen LogP contribution in [-0.2, 0) is 10.0 Å². The number of para-hydroxylation sites is 1. The van der Waals surface area contributed by atoms with E-state index in [0.717, 1.165) is 34.7 Å². The predicted molar refractivity (Wildman–Crippen MR) is 130 cm³/mol. The molecular weight excluding hydrogens is 436 g/mol. The minimum absolute atomic E-state index is 0.0308. The molecule has 0 saturated carbocycles. The highest BCUT2D eigenvalue weighted by Gasteiger charge is 2.39. The van der Waals surface area contributed by atoms with Crippen LogP contribution in [-0.4, -0.2) is 22.6 Å². The Hall–Kier alpha value is -3.45. The van der Waals surface area contributed by atoms with E-state index in [1.165, 1.54) is 0 Å². The van der Waals surface area contributed by atoms with E-state index in [2.05, 4.69) is 22.2 Å². The number of hydrogen-bond donors (Lipinski definition) is 2. The van der Waals surface area contributed by atoms with Gasteiger partial charge in [-0.1, -0.05) is 30.4 Å². The molecule has 33 heavy (non-hydrogen) atoms. The standard InChI is InChI=1S/C26H26N2O4S/c1-31-18-11-13-22(25(15-18)32-2)26-21-10-6-9-20(21)23-16-19(12-14-24(23)27-26)33(29,30)28-17-7-4-3-5-8-17/h3-9,11-16,20-21,26-28H,10H2,1-2H3/t20-,21+,26-/m0/s1. The summed E-state index contributed by atoms with van der Waals surface area (Å²) in [7, 11) is -0.395. The number of anilines is 2. The Balaban J connectivity index is 1.50. The van der Waals surface area contributed by atoms with Crippen molar-refractivity contribution in [2.45, 2.75) is 23.3 Å². The molecule has 7 heteroatoms. The van der Waals surface area contributed by atoms with Gasteiger partial charge in [0.2, 0.25) is 0 Å². The molecule has 0 aromatic heterocycles. The number of methoxy groups -OCH3 is 2. The Morgan fingerprint density at radius 3 is 2.52 bits per heavy atom. The fourth-order valence-electron chi connectivity index (χ4n) is 4.84. The average Bonchev–Trinajstić information content (AvgIpc) is 3.33. The SMILES string of the molecule is COc1ccc([C@H]2Nc3ccc(S(=O)(=O)Nc4ccccc4)cc3[C@H]3C=CC[C@H]32)c(OC)c1. The third-order valence-electron chi connectivity index (χ3n) is 6.45. The van der Waals surface area contributed by atoms with Gasteiger partial charge in [-0.25, -0.2) is 8.42 Å². The Labute approximate surface area is 194 Å². The molecule has 170 valence electrons. The number of rotatable bonds is 6. The van der Waals surface area contributed by atoms with Gasteiger partial charge in [0.1, 0.15) is 11.5 Å². The van der Waals surface area contributed by atoms with Gasteiger partial charge in [-0.05, 0) is 60.4 Å². The first-order valence-electron chi connectivity index (χ1n) is 10.9. The molecule has 0 radical (unpaired) electrons. The van der Waals surface area contributed by atoms with E-state index in [0.29, 0.717) is 5.69 Å². The number of benzene rings is 3. The Morgan fingerprint density at radius 1 is 0.939 bits per heavy atom. The summed E-state index contributed by atoms with van der Waals surface area (Å²) < 4.78 is 39.8. The van der Waals surface area contributed by atoms with Gasteiger partial charge < -0.3 is 14.8 Å².